The minimum atomic E-state index is -1.65. The summed E-state index contributed by atoms with van der Waals surface area (Å²) in [6, 6.07) is 0. The Balaban J connectivity index is 1.75. The normalized spacial score (nSPS) is 38.0. The zero-order chi connectivity index (χ0) is 15.4. The summed E-state index contributed by atoms with van der Waals surface area (Å²) >= 11 is 0. The van der Waals surface area contributed by atoms with Crippen LogP contribution in [0.3, 0.4) is 0 Å². The van der Waals surface area contributed by atoms with Crippen molar-refractivity contribution in [2.24, 2.45) is 0 Å². The van der Waals surface area contributed by atoms with Crippen molar-refractivity contribution in [3.63, 3.8) is 0 Å². The Morgan fingerprint density at radius 2 is 1.67 bits per heavy atom. The molecule has 1 heterocycles. The first kappa shape index (κ1) is 16.4. The molecule has 0 aromatic heterocycles. The monoisotopic (exact) mass is 306 g/mol. The van der Waals surface area contributed by atoms with E-state index in [1.807, 2.05) is 0 Å². The highest BCUT2D eigenvalue weighted by Crippen LogP contribution is 2.22. The van der Waals surface area contributed by atoms with Gasteiger partial charge in [-0.2, -0.15) is 0 Å². The van der Waals surface area contributed by atoms with Crippen LogP contribution < -0.4 is 0 Å². The van der Waals surface area contributed by atoms with Crippen LogP contribution in [0.5, 0.6) is 0 Å². The van der Waals surface area contributed by atoms with Crippen LogP contribution in [0.1, 0.15) is 32.1 Å². The predicted octanol–water partition coefficient (Wildman–Crippen LogP) is -0.728. The van der Waals surface area contributed by atoms with Gasteiger partial charge in [0.05, 0.1) is 0 Å². The molecule has 8 heteroatoms. The Kier molecular flexibility index (Phi) is 5.77. The van der Waals surface area contributed by atoms with E-state index in [9.17, 15) is 25.2 Å². The SMILES string of the molecule is O=C(OC[C@H]1O[C@H](O)[C@H](O)[C@@H](O)[C@@H]1O)OC1CCCCC1. The third-order valence-corrected chi connectivity index (χ3v) is 3.87. The van der Waals surface area contributed by atoms with E-state index in [0.29, 0.717) is 0 Å². The number of ether oxygens (including phenoxy) is 3. The summed E-state index contributed by atoms with van der Waals surface area (Å²) in [5.74, 6) is 0. The van der Waals surface area contributed by atoms with E-state index in [2.05, 4.69) is 0 Å². The third kappa shape index (κ3) is 4.27. The van der Waals surface area contributed by atoms with Crippen LogP contribution in [0.4, 0.5) is 4.79 Å². The van der Waals surface area contributed by atoms with Crippen LogP contribution in [0.2, 0.25) is 0 Å². The number of aliphatic hydroxyl groups excluding tert-OH is 4. The lowest BCUT2D eigenvalue weighted by molar-refractivity contribution is -0.287. The maximum atomic E-state index is 11.5. The molecule has 5 atom stereocenters. The number of carbonyl (C=O) groups is 1. The summed E-state index contributed by atoms with van der Waals surface area (Å²) in [5, 5.41) is 37.8. The van der Waals surface area contributed by atoms with Gasteiger partial charge in [-0.25, -0.2) is 4.79 Å². The average molecular weight is 306 g/mol. The van der Waals surface area contributed by atoms with Gasteiger partial charge in [0.15, 0.2) is 6.29 Å². The van der Waals surface area contributed by atoms with Gasteiger partial charge in [-0.15, -0.1) is 0 Å². The van der Waals surface area contributed by atoms with Crippen LogP contribution in [0, 0.1) is 0 Å². The zero-order valence-corrected chi connectivity index (χ0v) is 11.6. The number of aliphatic hydroxyl groups is 4. The molecular formula is C13H22O8. The molecule has 21 heavy (non-hydrogen) atoms. The van der Waals surface area contributed by atoms with Crippen molar-refractivity contribution in [1.29, 1.82) is 0 Å². The van der Waals surface area contributed by atoms with E-state index in [1.165, 1.54) is 0 Å². The van der Waals surface area contributed by atoms with Gasteiger partial charge in [-0.3, -0.25) is 0 Å². The van der Waals surface area contributed by atoms with E-state index in [-0.39, 0.29) is 12.7 Å². The summed E-state index contributed by atoms with van der Waals surface area (Å²) < 4.78 is 14.8. The quantitative estimate of drug-likeness (QED) is 0.503. The molecule has 1 saturated heterocycles. The Bertz CT molecular complexity index is 343. The molecule has 0 unspecified atom stereocenters. The first-order valence-corrected chi connectivity index (χ1v) is 7.20. The zero-order valence-electron chi connectivity index (χ0n) is 11.6. The number of rotatable bonds is 3. The van der Waals surface area contributed by atoms with Crippen molar-refractivity contribution in [1.82, 2.24) is 0 Å². The Hall–Kier alpha value is -0.930. The molecule has 1 saturated carbocycles. The van der Waals surface area contributed by atoms with Crippen LogP contribution in [-0.4, -0.2) is 70.0 Å². The smallest absolute Gasteiger partial charge is 0.431 e. The standard InChI is InChI=1S/C13H22O8/c14-9-8(21-12(17)11(16)10(9)15)6-19-13(18)20-7-4-2-1-3-5-7/h7-12,14-17H,1-6H2/t8-,9-,10+,11-,12+/m1/s1. The number of carbonyl (C=O) groups excluding carboxylic acids is 1. The van der Waals surface area contributed by atoms with Crippen molar-refractivity contribution in [3.8, 4) is 0 Å². The molecule has 2 rings (SSSR count). The summed E-state index contributed by atoms with van der Waals surface area (Å²) in [7, 11) is 0. The van der Waals surface area contributed by atoms with E-state index >= 15 is 0 Å². The average Bonchev–Trinajstić information content (AvgIpc) is 2.48. The topological polar surface area (TPSA) is 126 Å². The van der Waals surface area contributed by atoms with Gasteiger partial charge in [-0.1, -0.05) is 6.42 Å². The maximum absolute atomic E-state index is 11.5. The number of hydrogen-bond acceptors (Lipinski definition) is 8. The maximum Gasteiger partial charge on any atom is 0.508 e. The first-order chi connectivity index (χ1) is 9.99. The molecule has 2 aliphatic rings. The summed E-state index contributed by atoms with van der Waals surface area (Å²) in [4.78, 5) is 11.5. The van der Waals surface area contributed by atoms with E-state index in [4.69, 9.17) is 14.2 Å². The van der Waals surface area contributed by atoms with E-state index in [0.717, 1.165) is 32.1 Å². The van der Waals surface area contributed by atoms with Crippen LogP contribution >= 0.6 is 0 Å². The highest BCUT2D eigenvalue weighted by Gasteiger charge is 2.43. The minimum Gasteiger partial charge on any atom is -0.431 e. The molecule has 4 N–H and O–H groups in total. The summed E-state index contributed by atoms with van der Waals surface area (Å²) in [6.07, 6.45) is -3.67. The molecular weight excluding hydrogens is 284 g/mol. The predicted molar refractivity (Wildman–Crippen MR) is 68.2 cm³/mol. The number of hydrogen-bond donors (Lipinski definition) is 4. The van der Waals surface area contributed by atoms with E-state index < -0.39 is 36.9 Å². The molecule has 0 spiro atoms. The van der Waals surface area contributed by atoms with Crippen molar-refractivity contribution in [2.75, 3.05) is 6.61 Å². The second kappa shape index (κ2) is 7.37. The van der Waals surface area contributed by atoms with Crippen LogP contribution in [0.15, 0.2) is 0 Å². The van der Waals surface area contributed by atoms with E-state index in [1.54, 1.807) is 0 Å². The van der Waals surface area contributed by atoms with Gasteiger partial charge in [0, 0.05) is 0 Å². The lowest BCUT2D eigenvalue weighted by atomic mass is 9.98. The Morgan fingerprint density at radius 1 is 1.00 bits per heavy atom. The Morgan fingerprint density at radius 3 is 2.33 bits per heavy atom. The van der Waals surface area contributed by atoms with Gasteiger partial charge in [0.25, 0.3) is 0 Å². The lowest BCUT2D eigenvalue weighted by Crippen LogP contribution is -2.58. The molecule has 1 aliphatic carbocycles. The fourth-order valence-corrected chi connectivity index (χ4v) is 2.57. The molecule has 0 aromatic rings. The first-order valence-electron chi connectivity index (χ1n) is 7.20. The second-order valence-electron chi connectivity index (χ2n) is 5.48. The van der Waals surface area contributed by atoms with Crippen molar-refractivity contribution < 1.29 is 39.4 Å². The third-order valence-electron chi connectivity index (χ3n) is 3.87. The van der Waals surface area contributed by atoms with Crippen LogP contribution in [-0.2, 0) is 14.2 Å². The lowest BCUT2D eigenvalue weighted by Gasteiger charge is -2.37. The molecule has 0 amide bonds. The highest BCUT2D eigenvalue weighted by molar-refractivity contribution is 5.60. The molecule has 122 valence electrons. The van der Waals surface area contributed by atoms with Gasteiger partial charge >= 0.3 is 6.16 Å². The van der Waals surface area contributed by atoms with Gasteiger partial charge in [0.1, 0.15) is 37.1 Å². The van der Waals surface area contributed by atoms with Crippen molar-refractivity contribution in [3.05, 3.63) is 0 Å². The highest BCUT2D eigenvalue weighted by atomic mass is 16.7. The van der Waals surface area contributed by atoms with Crippen molar-refractivity contribution >= 4 is 6.16 Å². The summed E-state index contributed by atoms with van der Waals surface area (Å²) in [5.41, 5.74) is 0. The molecule has 0 radical (unpaired) electrons. The summed E-state index contributed by atoms with van der Waals surface area (Å²) in [6.45, 7) is -0.381. The Labute approximate surface area is 122 Å². The molecule has 8 nitrogen and oxygen atoms in total. The second-order valence-corrected chi connectivity index (χ2v) is 5.48. The molecule has 0 aromatic carbocycles. The molecule has 1 aliphatic heterocycles. The van der Waals surface area contributed by atoms with Crippen molar-refractivity contribution in [2.45, 2.75) is 68.9 Å². The largest absolute Gasteiger partial charge is 0.508 e. The molecule has 2 fully saturated rings. The fraction of sp³-hybridized carbons (Fsp3) is 0.923. The van der Waals surface area contributed by atoms with Gasteiger partial charge < -0.3 is 34.6 Å². The van der Waals surface area contributed by atoms with Gasteiger partial charge in [0.2, 0.25) is 0 Å². The minimum absolute atomic E-state index is 0.151. The van der Waals surface area contributed by atoms with Gasteiger partial charge in [-0.05, 0) is 25.7 Å². The molecule has 0 bridgehead atoms. The van der Waals surface area contributed by atoms with Crippen LogP contribution in [0.25, 0.3) is 0 Å². The fourth-order valence-electron chi connectivity index (χ4n) is 2.57.